The van der Waals surface area contributed by atoms with Crippen molar-refractivity contribution >= 4 is 5.91 Å². The average Bonchev–Trinajstić information content (AvgIpc) is 2.79. The van der Waals surface area contributed by atoms with Crippen LogP contribution in [0.2, 0.25) is 0 Å². The highest BCUT2D eigenvalue weighted by Gasteiger charge is 2.33. The van der Waals surface area contributed by atoms with Gasteiger partial charge in [-0.25, -0.2) is 0 Å². The molecule has 2 aliphatic rings. The normalized spacial score (nSPS) is 20.7. The van der Waals surface area contributed by atoms with Crippen LogP contribution in [0.3, 0.4) is 0 Å². The van der Waals surface area contributed by atoms with Crippen LogP contribution in [0.25, 0.3) is 0 Å². The van der Waals surface area contributed by atoms with Crippen molar-refractivity contribution < 1.29 is 4.79 Å². The number of nitrogens with zero attached hydrogens (tertiary/aromatic N) is 1. The molecule has 2 atom stereocenters. The highest BCUT2D eigenvalue weighted by Crippen LogP contribution is 2.36. The second-order valence-corrected chi connectivity index (χ2v) is 7.54. The van der Waals surface area contributed by atoms with E-state index in [1.165, 1.54) is 32.1 Å². The molecule has 2 aromatic rings. The minimum atomic E-state index is 0.177. The van der Waals surface area contributed by atoms with Gasteiger partial charge in [-0.05, 0) is 61.1 Å². The zero-order valence-electron chi connectivity index (χ0n) is 17.2. The fraction of sp³-hybridized carbons (Fsp3) is 0.423. The van der Waals surface area contributed by atoms with E-state index in [2.05, 4.69) is 16.7 Å². The van der Waals surface area contributed by atoms with Gasteiger partial charge < -0.3 is 4.90 Å². The van der Waals surface area contributed by atoms with Crippen molar-refractivity contribution in [2.75, 3.05) is 13.1 Å². The van der Waals surface area contributed by atoms with Crippen LogP contribution in [0.4, 0.5) is 0 Å². The maximum Gasteiger partial charge on any atom is 0.253 e. The highest BCUT2D eigenvalue weighted by molar-refractivity contribution is 5.94. The summed E-state index contributed by atoms with van der Waals surface area (Å²) in [4.78, 5) is 14.9. The Morgan fingerprint density at radius 1 is 0.821 bits per heavy atom. The zero-order valence-corrected chi connectivity index (χ0v) is 17.2. The molecule has 0 N–H and O–H groups in total. The van der Waals surface area contributed by atoms with E-state index in [0.717, 1.165) is 41.6 Å². The molecular formula is C26H31NO. The number of likely N-dealkylation sites (tertiary alicyclic amines) is 1. The molecule has 146 valence electrons. The topological polar surface area (TPSA) is 20.3 Å². The number of carbonyl (C=O) groups excluding carboxylic acids is 1. The van der Waals surface area contributed by atoms with Crippen LogP contribution in [-0.2, 0) is 0 Å². The summed E-state index contributed by atoms with van der Waals surface area (Å²) in [6, 6.07) is 17.7. The Morgan fingerprint density at radius 3 is 2.11 bits per heavy atom. The molecule has 1 amide bonds. The zero-order chi connectivity index (χ0) is 19.8. The van der Waals surface area contributed by atoms with Gasteiger partial charge in [-0.2, -0.15) is 0 Å². The fourth-order valence-corrected chi connectivity index (χ4v) is 4.33. The van der Waals surface area contributed by atoms with E-state index in [9.17, 15) is 4.79 Å². The van der Waals surface area contributed by atoms with Crippen LogP contribution in [0.5, 0.6) is 0 Å². The first-order valence-corrected chi connectivity index (χ1v) is 10.8. The Labute approximate surface area is 170 Å². The Kier molecular flexibility index (Phi) is 7.31. The summed E-state index contributed by atoms with van der Waals surface area (Å²) in [7, 11) is 0. The van der Waals surface area contributed by atoms with Gasteiger partial charge in [0, 0.05) is 29.8 Å². The number of hydrogen-bond donors (Lipinski definition) is 0. The van der Waals surface area contributed by atoms with Crippen LogP contribution in [-0.4, -0.2) is 23.9 Å². The third-order valence-electron chi connectivity index (χ3n) is 5.84. The number of hydrogen-bond acceptors (Lipinski definition) is 1. The summed E-state index contributed by atoms with van der Waals surface area (Å²) >= 11 is 0. The predicted octanol–water partition coefficient (Wildman–Crippen LogP) is 5.76. The van der Waals surface area contributed by atoms with Crippen molar-refractivity contribution in [1.82, 2.24) is 4.90 Å². The maximum atomic E-state index is 12.9. The van der Waals surface area contributed by atoms with Gasteiger partial charge in [0.2, 0.25) is 0 Å². The molecule has 1 heterocycles. The molecule has 2 heteroatoms. The van der Waals surface area contributed by atoms with Gasteiger partial charge in [-0.3, -0.25) is 4.79 Å². The molecule has 1 saturated heterocycles. The predicted molar refractivity (Wildman–Crippen MR) is 116 cm³/mol. The number of amides is 1. The molecule has 2 unspecified atom stereocenters. The number of benzene rings is 2. The van der Waals surface area contributed by atoms with E-state index in [4.69, 9.17) is 0 Å². The van der Waals surface area contributed by atoms with Crippen LogP contribution >= 0.6 is 0 Å². The summed E-state index contributed by atoms with van der Waals surface area (Å²) in [6.07, 6.45) is 6.54. The number of carbonyl (C=O) groups is 1. The van der Waals surface area contributed by atoms with Gasteiger partial charge in [-0.1, -0.05) is 63.1 Å². The molecule has 4 rings (SSSR count). The van der Waals surface area contributed by atoms with Gasteiger partial charge in [0.15, 0.2) is 0 Å². The SMILES string of the molecule is CC.O=C(c1ccc(C#Cc2ccccc2)cc1)N1CCC2CCCCC2C1. The third kappa shape index (κ3) is 5.04. The molecule has 0 bridgehead atoms. The first-order valence-electron chi connectivity index (χ1n) is 10.8. The monoisotopic (exact) mass is 373 g/mol. The lowest BCUT2D eigenvalue weighted by atomic mass is 9.75. The second-order valence-electron chi connectivity index (χ2n) is 7.54. The lowest BCUT2D eigenvalue weighted by Crippen LogP contribution is -2.44. The smallest absolute Gasteiger partial charge is 0.253 e. The first kappa shape index (κ1) is 20.2. The number of piperidine rings is 1. The molecule has 0 spiro atoms. The van der Waals surface area contributed by atoms with Crippen LogP contribution in [0.1, 0.15) is 67.4 Å². The lowest BCUT2D eigenvalue weighted by Gasteiger charge is -2.41. The van der Waals surface area contributed by atoms with Crippen molar-refractivity contribution in [1.29, 1.82) is 0 Å². The Balaban J connectivity index is 0.00000109. The lowest BCUT2D eigenvalue weighted by molar-refractivity contribution is 0.0521. The van der Waals surface area contributed by atoms with Gasteiger partial charge in [0.1, 0.15) is 0 Å². The number of fused-ring (bicyclic) bond motifs is 1. The van der Waals surface area contributed by atoms with E-state index in [1.807, 2.05) is 68.4 Å². The van der Waals surface area contributed by atoms with E-state index in [-0.39, 0.29) is 5.91 Å². The Hall–Kier alpha value is -2.53. The van der Waals surface area contributed by atoms with Crippen LogP contribution in [0, 0.1) is 23.7 Å². The quantitative estimate of drug-likeness (QED) is 0.582. The second kappa shape index (κ2) is 10.1. The highest BCUT2D eigenvalue weighted by atomic mass is 16.2. The fourth-order valence-electron chi connectivity index (χ4n) is 4.33. The Morgan fingerprint density at radius 2 is 1.43 bits per heavy atom. The van der Waals surface area contributed by atoms with Crippen molar-refractivity contribution in [2.24, 2.45) is 11.8 Å². The number of rotatable bonds is 1. The van der Waals surface area contributed by atoms with E-state index >= 15 is 0 Å². The van der Waals surface area contributed by atoms with E-state index < -0.39 is 0 Å². The summed E-state index contributed by atoms with van der Waals surface area (Å²) < 4.78 is 0. The Bertz CT molecular complexity index is 813. The first-order chi connectivity index (χ1) is 13.8. The van der Waals surface area contributed by atoms with Crippen molar-refractivity contribution in [3.05, 3.63) is 71.3 Å². The van der Waals surface area contributed by atoms with Gasteiger partial charge in [-0.15, -0.1) is 0 Å². The minimum absolute atomic E-state index is 0.177. The average molecular weight is 374 g/mol. The summed E-state index contributed by atoms with van der Waals surface area (Å²) in [5.41, 5.74) is 2.73. The van der Waals surface area contributed by atoms with Gasteiger partial charge in [0.05, 0.1) is 0 Å². The van der Waals surface area contributed by atoms with Crippen LogP contribution < -0.4 is 0 Å². The molecule has 0 radical (unpaired) electrons. The molecule has 1 aliphatic heterocycles. The molecule has 2 fully saturated rings. The minimum Gasteiger partial charge on any atom is -0.338 e. The van der Waals surface area contributed by atoms with Crippen molar-refractivity contribution in [3.8, 4) is 11.8 Å². The summed E-state index contributed by atoms with van der Waals surface area (Å²) in [5.74, 6) is 8.08. The third-order valence-corrected chi connectivity index (χ3v) is 5.84. The summed E-state index contributed by atoms with van der Waals surface area (Å²) in [6.45, 7) is 5.86. The molecule has 2 nitrogen and oxygen atoms in total. The molecule has 1 saturated carbocycles. The maximum absolute atomic E-state index is 12.9. The standard InChI is InChI=1S/C24H25NO.C2H6/c26-24(25-17-16-21-8-4-5-9-23(21)18-25)22-14-12-20(13-15-22)11-10-19-6-2-1-3-7-19;1-2/h1-3,6-7,12-15,21,23H,4-5,8-9,16-18H2;1-2H3. The molecule has 0 aromatic heterocycles. The van der Waals surface area contributed by atoms with Gasteiger partial charge in [0.25, 0.3) is 5.91 Å². The van der Waals surface area contributed by atoms with Crippen molar-refractivity contribution in [2.45, 2.75) is 46.0 Å². The molecular weight excluding hydrogens is 342 g/mol. The van der Waals surface area contributed by atoms with Crippen LogP contribution in [0.15, 0.2) is 54.6 Å². The summed E-state index contributed by atoms with van der Waals surface area (Å²) in [5, 5.41) is 0. The molecule has 1 aliphatic carbocycles. The van der Waals surface area contributed by atoms with Gasteiger partial charge >= 0.3 is 0 Å². The molecule has 28 heavy (non-hydrogen) atoms. The largest absolute Gasteiger partial charge is 0.338 e. The van der Waals surface area contributed by atoms with Crippen molar-refractivity contribution in [3.63, 3.8) is 0 Å². The molecule has 2 aromatic carbocycles. The van der Waals surface area contributed by atoms with E-state index in [0.29, 0.717) is 0 Å². The van der Waals surface area contributed by atoms with E-state index in [1.54, 1.807) is 0 Å².